The van der Waals surface area contributed by atoms with Gasteiger partial charge in [-0.05, 0) is 51.8 Å². The minimum absolute atomic E-state index is 0.0799. The molecule has 98 valence electrons. The molecule has 0 heterocycles. The summed E-state index contributed by atoms with van der Waals surface area (Å²) in [6.45, 7) is 0. The van der Waals surface area contributed by atoms with E-state index in [0.717, 1.165) is 0 Å². The third kappa shape index (κ3) is 3.35. The number of carbonyl (C=O) groups is 1. The molecular weight excluding hydrogens is 354 g/mol. The lowest BCUT2D eigenvalue weighted by Crippen LogP contribution is -2.05. The Bertz CT molecular complexity index is 623. The fourth-order valence-electron chi connectivity index (χ4n) is 1.63. The molecule has 0 atom stereocenters. The van der Waals surface area contributed by atoms with Crippen molar-refractivity contribution in [2.75, 3.05) is 0 Å². The number of Topliss-reactive ketones (excluding diaryl/α,β-unsaturated/α-hetero) is 1. The summed E-state index contributed by atoms with van der Waals surface area (Å²) in [6, 6.07) is 9.20. The van der Waals surface area contributed by atoms with Crippen molar-refractivity contribution in [3.05, 3.63) is 67.9 Å². The highest BCUT2D eigenvalue weighted by Crippen LogP contribution is 2.26. The monoisotopic (exact) mass is 360 g/mol. The Kier molecular flexibility index (Phi) is 4.61. The van der Waals surface area contributed by atoms with Gasteiger partial charge in [-0.25, -0.2) is 4.39 Å². The number of carbonyl (C=O) groups excluding carboxylic acids is 1. The lowest BCUT2D eigenvalue weighted by atomic mass is 10.0. The van der Waals surface area contributed by atoms with E-state index in [4.69, 9.17) is 23.2 Å². The molecule has 1 nitrogen and oxygen atoms in total. The normalized spacial score (nSPS) is 10.5. The fourth-order valence-corrected chi connectivity index (χ4v) is 2.54. The molecule has 0 bridgehead atoms. The van der Waals surface area contributed by atoms with Crippen LogP contribution in [0.4, 0.5) is 4.39 Å². The molecule has 5 heteroatoms. The summed E-state index contributed by atoms with van der Waals surface area (Å²) in [5.41, 5.74) is 0.987. The average Bonchev–Trinajstić information content (AvgIpc) is 2.37. The van der Waals surface area contributed by atoms with E-state index in [2.05, 4.69) is 15.9 Å². The third-order valence-electron chi connectivity index (χ3n) is 2.64. The first-order valence-electron chi connectivity index (χ1n) is 5.40. The van der Waals surface area contributed by atoms with Gasteiger partial charge in [-0.2, -0.15) is 0 Å². The predicted molar refractivity (Wildman–Crippen MR) is 78.6 cm³/mol. The van der Waals surface area contributed by atoms with Crippen molar-refractivity contribution < 1.29 is 9.18 Å². The van der Waals surface area contributed by atoms with Crippen LogP contribution < -0.4 is 0 Å². The van der Waals surface area contributed by atoms with E-state index in [-0.39, 0.29) is 16.7 Å². The highest BCUT2D eigenvalue weighted by Gasteiger charge is 2.13. The highest BCUT2D eigenvalue weighted by molar-refractivity contribution is 9.10. The summed E-state index contributed by atoms with van der Waals surface area (Å²) < 4.78 is 13.4. The molecular formula is C14H8BrCl2FO. The second-order valence-corrected chi connectivity index (χ2v) is 5.60. The van der Waals surface area contributed by atoms with Crippen molar-refractivity contribution in [3.8, 4) is 0 Å². The quantitative estimate of drug-likeness (QED) is 0.676. The summed E-state index contributed by atoms with van der Waals surface area (Å²) in [5, 5.41) is 0.893. The van der Waals surface area contributed by atoms with Crippen molar-refractivity contribution in [1.29, 1.82) is 0 Å². The Labute approximate surface area is 128 Å². The van der Waals surface area contributed by atoms with E-state index in [1.807, 2.05) is 0 Å². The highest BCUT2D eigenvalue weighted by atomic mass is 79.9. The van der Waals surface area contributed by atoms with Gasteiger partial charge in [0.2, 0.25) is 0 Å². The van der Waals surface area contributed by atoms with Crippen molar-refractivity contribution in [1.82, 2.24) is 0 Å². The van der Waals surface area contributed by atoms with Crippen LogP contribution in [0.15, 0.2) is 40.9 Å². The molecule has 19 heavy (non-hydrogen) atoms. The van der Waals surface area contributed by atoms with Crippen LogP contribution in [0.1, 0.15) is 15.9 Å². The molecule has 0 unspecified atom stereocenters. The molecule has 0 aliphatic rings. The average molecular weight is 362 g/mol. The van der Waals surface area contributed by atoms with Crippen LogP contribution in [0.25, 0.3) is 0 Å². The van der Waals surface area contributed by atoms with Crippen molar-refractivity contribution in [2.45, 2.75) is 6.42 Å². The van der Waals surface area contributed by atoms with Gasteiger partial charge in [0.25, 0.3) is 0 Å². The Morgan fingerprint density at radius 3 is 2.37 bits per heavy atom. The van der Waals surface area contributed by atoms with Gasteiger partial charge in [0.15, 0.2) is 5.78 Å². The van der Waals surface area contributed by atoms with Gasteiger partial charge in [0, 0.05) is 22.0 Å². The second-order valence-electron chi connectivity index (χ2n) is 3.93. The summed E-state index contributed by atoms with van der Waals surface area (Å²) in [5.74, 6) is -0.581. The first kappa shape index (κ1) is 14.5. The van der Waals surface area contributed by atoms with Gasteiger partial charge < -0.3 is 0 Å². The Morgan fingerprint density at radius 2 is 1.79 bits per heavy atom. The van der Waals surface area contributed by atoms with Gasteiger partial charge in [0.05, 0.1) is 4.47 Å². The van der Waals surface area contributed by atoms with E-state index in [9.17, 15) is 9.18 Å². The van der Waals surface area contributed by atoms with Crippen LogP contribution in [0.5, 0.6) is 0 Å². The van der Waals surface area contributed by atoms with Crippen LogP contribution in [0, 0.1) is 5.82 Å². The van der Waals surface area contributed by atoms with Gasteiger partial charge in [-0.15, -0.1) is 0 Å². The van der Waals surface area contributed by atoms with Gasteiger partial charge in [0.1, 0.15) is 5.82 Å². The maximum atomic E-state index is 13.1. The van der Waals surface area contributed by atoms with E-state index in [1.165, 1.54) is 18.2 Å². The zero-order chi connectivity index (χ0) is 14.0. The van der Waals surface area contributed by atoms with Crippen molar-refractivity contribution >= 4 is 44.9 Å². The first-order valence-corrected chi connectivity index (χ1v) is 6.95. The molecule has 0 radical (unpaired) electrons. The largest absolute Gasteiger partial charge is 0.294 e. The number of rotatable bonds is 3. The molecule has 0 aromatic heterocycles. The number of hydrogen-bond acceptors (Lipinski definition) is 1. The summed E-state index contributed by atoms with van der Waals surface area (Å²) >= 11 is 15.1. The zero-order valence-corrected chi connectivity index (χ0v) is 12.7. The van der Waals surface area contributed by atoms with Gasteiger partial charge >= 0.3 is 0 Å². The molecule has 2 aromatic rings. The molecule has 0 saturated carbocycles. The van der Waals surface area contributed by atoms with Gasteiger partial charge in [-0.1, -0.05) is 29.3 Å². The summed E-state index contributed by atoms with van der Waals surface area (Å²) in [6.07, 6.45) is 0.0799. The molecule has 0 aliphatic heterocycles. The maximum absolute atomic E-state index is 13.1. The van der Waals surface area contributed by atoms with Crippen LogP contribution in [0.3, 0.4) is 0 Å². The van der Waals surface area contributed by atoms with E-state index in [1.54, 1.807) is 18.2 Å². The molecule has 2 aromatic carbocycles. The Morgan fingerprint density at radius 1 is 1.16 bits per heavy atom. The number of halogens is 4. The van der Waals surface area contributed by atoms with Crippen molar-refractivity contribution in [2.24, 2.45) is 0 Å². The van der Waals surface area contributed by atoms with E-state index >= 15 is 0 Å². The SMILES string of the molecule is O=C(Cc1c(Cl)cccc1Cl)c1ccc(F)c(Br)c1. The van der Waals surface area contributed by atoms with E-state index < -0.39 is 5.82 Å². The number of benzene rings is 2. The van der Waals surface area contributed by atoms with Crippen LogP contribution in [-0.4, -0.2) is 5.78 Å². The van der Waals surface area contributed by atoms with Crippen LogP contribution in [0.2, 0.25) is 10.0 Å². The Balaban J connectivity index is 2.28. The minimum Gasteiger partial charge on any atom is -0.294 e. The second kappa shape index (κ2) is 6.04. The first-order chi connectivity index (χ1) is 8.99. The lowest BCUT2D eigenvalue weighted by Gasteiger charge is -2.06. The molecule has 0 fully saturated rings. The lowest BCUT2D eigenvalue weighted by molar-refractivity contribution is 0.0993. The van der Waals surface area contributed by atoms with Crippen molar-refractivity contribution in [3.63, 3.8) is 0 Å². The number of hydrogen-bond donors (Lipinski definition) is 0. The minimum atomic E-state index is -0.410. The molecule has 0 saturated heterocycles. The smallest absolute Gasteiger partial charge is 0.167 e. The third-order valence-corrected chi connectivity index (χ3v) is 3.96. The molecule has 0 aliphatic carbocycles. The molecule has 0 amide bonds. The summed E-state index contributed by atoms with van der Waals surface area (Å²) in [4.78, 5) is 12.1. The summed E-state index contributed by atoms with van der Waals surface area (Å²) in [7, 11) is 0. The molecule has 2 rings (SSSR count). The predicted octanol–water partition coefficient (Wildman–Crippen LogP) is 5.32. The molecule has 0 N–H and O–H groups in total. The molecule has 0 spiro atoms. The number of ketones is 1. The fraction of sp³-hybridized carbons (Fsp3) is 0.0714. The van der Waals surface area contributed by atoms with E-state index in [0.29, 0.717) is 21.2 Å². The van der Waals surface area contributed by atoms with Crippen LogP contribution in [-0.2, 0) is 6.42 Å². The standard InChI is InChI=1S/C14H8BrCl2FO/c15-10-6-8(4-5-13(10)18)14(19)7-9-11(16)2-1-3-12(9)17/h1-6H,7H2. The Hall–Kier alpha value is -0.900. The van der Waals surface area contributed by atoms with Crippen LogP contribution >= 0.6 is 39.1 Å². The maximum Gasteiger partial charge on any atom is 0.167 e. The zero-order valence-electron chi connectivity index (χ0n) is 9.59. The topological polar surface area (TPSA) is 17.1 Å². The van der Waals surface area contributed by atoms with Gasteiger partial charge in [-0.3, -0.25) is 4.79 Å².